The topological polar surface area (TPSA) is 38.7 Å². The average Bonchev–Trinajstić information content (AvgIpc) is 3.61. The first kappa shape index (κ1) is 37.2. The van der Waals surface area contributed by atoms with Gasteiger partial charge in [-0.1, -0.05) is 201 Å². The van der Waals surface area contributed by atoms with Crippen LogP contribution < -0.4 is 0 Å². The summed E-state index contributed by atoms with van der Waals surface area (Å²) in [5.74, 6) is 0.749. The molecule has 1 aliphatic heterocycles. The van der Waals surface area contributed by atoms with Crippen molar-refractivity contribution in [3.05, 3.63) is 246 Å². The van der Waals surface area contributed by atoms with Crippen molar-refractivity contribution >= 4 is 29.0 Å². The second kappa shape index (κ2) is 15.9. The summed E-state index contributed by atoms with van der Waals surface area (Å²) in [6, 6.07) is 49.8. The van der Waals surface area contributed by atoms with Crippen LogP contribution in [0.25, 0.3) is 62.0 Å². The standard InChI is InChI=1S/C56H41N3S/c1-3-39-23-17-35-57-53(39)38(2)44-22-14-15-34-56(48-27-12-10-24-46(48)47-25-11-13-28-49(47)56)50-29-16-26-45(54(50)60-37-44)40-30-32-42(33-31-40)52-36-51(41-18-6-4-7-19-41)58-55(59-52)43-20-8-5-9-21-43/h3-4,6-8,10-37H,1-2,5,9H2/b22-14-,34-15-,44-37+. The molecule has 0 fully saturated rings. The van der Waals surface area contributed by atoms with Gasteiger partial charge in [-0.05, 0) is 74.9 Å². The molecule has 0 radical (unpaired) electrons. The minimum atomic E-state index is -0.525. The fraction of sp³-hybridized carbons (Fsp3) is 0.0536. The Kier molecular flexibility index (Phi) is 9.84. The van der Waals surface area contributed by atoms with Gasteiger partial charge in [0, 0.05) is 38.9 Å². The van der Waals surface area contributed by atoms with E-state index >= 15 is 0 Å². The minimum Gasteiger partial charge on any atom is -0.256 e. The average molecular weight is 788 g/mol. The van der Waals surface area contributed by atoms with Crippen LogP contribution in [-0.4, -0.2) is 15.0 Å². The number of fused-ring (bicyclic) bond motifs is 7. The molecular weight excluding hydrogens is 747 g/mol. The van der Waals surface area contributed by atoms with E-state index in [1.807, 2.05) is 30.5 Å². The van der Waals surface area contributed by atoms with Crippen LogP contribution in [0.3, 0.4) is 0 Å². The lowest BCUT2D eigenvalue weighted by atomic mass is 9.71. The van der Waals surface area contributed by atoms with Gasteiger partial charge in [-0.2, -0.15) is 0 Å². The maximum Gasteiger partial charge on any atom is 0.160 e. The van der Waals surface area contributed by atoms with E-state index < -0.39 is 5.41 Å². The van der Waals surface area contributed by atoms with Gasteiger partial charge in [-0.25, -0.2) is 9.97 Å². The Morgan fingerprint density at radius 2 is 1.30 bits per heavy atom. The van der Waals surface area contributed by atoms with Crippen LogP contribution in [0.5, 0.6) is 0 Å². The highest BCUT2D eigenvalue weighted by molar-refractivity contribution is 8.02. The Morgan fingerprint density at radius 3 is 2.02 bits per heavy atom. The smallest absolute Gasteiger partial charge is 0.160 e. The first-order valence-electron chi connectivity index (χ1n) is 20.4. The molecule has 60 heavy (non-hydrogen) atoms. The van der Waals surface area contributed by atoms with E-state index in [4.69, 9.17) is 15.0 Å². The minimum absolute atomic E-state index is 0.525. The van der Waals surface area contributed by atoms with Crippen LogP contribution in [0.4, 0.5) is 0 Å². The zero-order valence-electron chi connectivity index (χ0n) is 33.1. The molecule has 286 valence electrons. The maximum absolute atomic E-state index is 5.14. The molecule has 1 spiro atoms. The monoisotopic (exact) mass is 787 g/mol. The van der Waals surface area contributed by atoms with Crippen LogP contribution in [0.1, 0.15) is 46.6 Å². The van der Waals surface area contributed by atoms with Gasteiger partial charge in [0.05, 0.1) is 22.5 Å². The molecule has 2 aliphatic carbocycles. The molecule has 0 amide bonds. The van der Waals surface area contributed by atoms with Gasteiger partial charge in [0.2, 0.25) is 0 Å². The Labute approximate surface area is 356 Å². The molecule has 0 saturated carbocycles. The number of pyridine rings is 1. The zero-order chi connectivity index (χ0) is 40.5. The van der Waals surface area contributed by atoms with E-state index in [9.17, 15) is 0 Å². The highest BCUT2D eigenvalue weighted by atomic mass is 32.2. The largest absolute Gasteiger partial charge is 0.256 e. The van der Waals surface area contributed by atoms with Crippen molar-refractivity contribution in [2.75, 3.05) is 0 Å². The first-order valence-corrected chi connectivity index (χ1v) is 21.3. The summed E-state index contributed by atoms with van der Waals surface area (Å²) in [6.45, 7) is 8.62. The van der Waals surface area contributed by atoms with E-state index in [-0.39, 0.29) is 0 Å². The third kappa shape index (κ3) is 6.56. The molecule has 0 saturated heterocycles. The van der Waals surface area contributed by atoms with Crippen molar-refractivity contribution in [3.8, 4) is 44.8 Å². The molecule has 0 bridgehead atoms. The van der Waals surface area contributed by atoms with Gasteiger partial charge in [0.1, 0.15) is 0 Å². The van der Waals surface area contributed by atoms with Crippen LogP contribution >= 0.6 is 11.8 Å². The summed E-state index contributed by atoms with van der Waals surface area (Å²) in [4.78, 5) is 16.1. The molecular formula is C56H41N3S. The molecule has 0 N–H and O–H groups in total. The summed E-state index contributed by atoms with van der Waals surface area (Å²) in [5, 5.41) is 2.23. The molecule has 5 aromatic carbocycles. The van der Waals surface area contributed by atoms with E-state index in [1.54, 1.807) is 11.8 Å². The number of thioether (sulfide) groups is 1. The van der Waals surface area contributed by atoms with Gasteiger partial charge in [-0.15, -0.1) is 0 Å². The Hall–Kier alpha value is -7.14. The predicted molar refractivity (Wildman–Crippen MR) is 252 cm³/mol. The van der Waals surface area contributed by atoms with Gasteiger partial charge in [-0.3, -0.25) is 4.98 Å². The van der Waals surface area contributed by atoms with Crippen LogP contribution in [-0.2, 0) is 5.41 Å². The lowest BCUT2D eigenvalue weighted by molar-refractivity contribution is 0.784. The van der Waals surface area contributed by atoms with Crippen LogP contribution in [0.15, 0.2) is 217 Å². The summed E-state index contributed by atoms with van der Waals surface area (Å²) >= 11 is 1.74. The van der Waals surface area contributed by atoms with E-state index in [0.717, 1.165) is 80.3 Å². The third-order valence-corrected chi connectivity index (χ3v) is 12.8. The van der Waals surface area contributed by atoms with E-state index in [1.165, 1.54) is 32.7 Å². The molecule has 10 rings (SSSR count). The third-order valence-electron chi connectivity index (χ3n) is 11.7. The van der Waals surface area contributed by atoms with Crippen molar-refractivity contribution in [3.63, 3.8) is 0 Å². The lowest BCUT2D eigenvalue weighted by Crippen LogP contribution is -2.25. The number of aromatic nitrogens is 3. The SMILES string of the molecule is C=Cc1cccnc1C(=C)C1=C/Sc2c(-c3ccc(-c4cc(-c5ccccc5)nc(C5=CCCC=C5)n4)cc3)cccc2C2(\C=C/C=C\1)c1ccccc1-c1ccccc12. The predicted octanol–water partition coefficient (Wildman–Crippen LogP) is 14.4. The van der Waals surface area contributed by atoms with Crippen LogP contribution in [0.2, 0.25) is 0 Å². The van der Waals surface area contributed by atoms with Crippen molar-refractivity contribution in [1.82, 2.24) is 15.0 Å². The van der Waals surface area contributed by atoms with Crippen LogP contribution in [0, 0.1) is 0 Å². The highest BCUT2D eigenvalue weighted by Crippen LogP contribution is 2.56. The highest BCUT2D eigenvalue weighted by Gasteiger charge is 2.44. The second-order valence-corrected chi connectivity index (χ2v) is 16.0. The number of benzene rings is 5. The van der Waals surface area contributed by atoms with E-state index in [0.29, 0.717) is 0 Å². The van der Waals surface area contributed by atoms with Crippen molar-refractivity contribution in [2.24, 2.45) is 0 Å². The molecule has 3 nitrogen and oxygen atoms in total. The molecule has 3 aliphatic rings. The van der Waals surface area contributed by atoms with Gasteiger partial charge >= 0.3 is 0 Å². The zero-order valence-corrected chi connectivity index (χ0v) is 33.9. The number of allylic oxidation sites excluding steroid dienone is 10. The normalized spacial score (nSPS) is 16.7. The maximum atomic E-state index is 5.14. The molecule has 0 unspecified atom stereocenters. The van der Waals surface area contributed by atoms with Crippen molar-refractivity contribution < 1.29 is 0 Å². The van der Waals surface area contributed by atoms with Gasteiger partial charge < -0.3 is 0 Å². The summed E-state index contributed by atoms with van der Waals surface area (Å²) < 4.78 is 0. The van der Waals surface area contributed by atoms with Crippen molar-refractivity contribution in [2.45, 2.75) is 23.2 Å². The number of hydrogen-bond donors (Lipinski definition) is 0. The molecule has 3 heterocycles. The molecule has 2 aromatic heterocycles. The summed E-state index contributed by atoms with van der Waals surface area (Å²) in [5.41, 5.74) is 16.6. The number of hydrogen-bond acceptors (Lipinski definition) is 4. The molecule has 7 aromatic rings. The quantitative estimate of drug-likeness (QED) is 0.161. The number of nitrogens with zero attached hydrogens (tertiary/aromatic N) is 3. The van der Waals surface area contributed by atoms with Gasteiger partial charge in [0.15, 0.2) is 5.82 Å². The number of rotatable bonds is 7. The Balaban J connectivity index is 1.13. The van der Waals surface area contributed by atoms with Crippen molar-refractivity contribution in [1.29, 1.82) is 0 Å². The Bertz CT molecular complexity index is 2940. The molecule has 4 heteroatoms. The molecule has 0 atom stereocenters. The fourth-order valence-electron chi connectivity index (χ4n) is 8.77. The summed E-state index contributed by atoms with van der Waals surface area (Å²) in [6.07, 6.45) is 21.2. The first-order chi connectivity index (χ1) is 29.6. The Morgan fingerprint density at radius 1 is 0.633 bits per heavy atom. The fourth-order valence-corrected chi connectivity index (χ4v) is 9.91. The summed E-state index contributed by atoms with van der Waals surface area (Å²) in [7, 11) is 0. The van der Waals surface area contributed by atoms with E-state index in [2.05, 4.69) is 182 Å². The second-order valence-electron chi connectivity index (χ2n) is 15.2. The van der Waals surface area contributed by atoms with Gasteiger partial charge in [0.25, 0.3) is 0 Å². The lowest BCUT2D eigenvalue weighted by Gasteiger charge is -2.32.